The summed E-state index contributed by atoms with van der Waals surface area (Å²) in [5.41, 5.74) is 1.84. The van der Waals surface area contributed by atoms with Crippen molar-refractivity contribution in [1.82, 2.24) is 5.32 Å². The summed E-state index contributed by atoms with van der Waals surface area (Å²) in [6, 6.07) is 11.4. The number of benzene rings is 2. The first-order chi connectivity index (χ1) is 11.7. The minimum absolute atomic E-state index is 0.0120. The quantitative estimate of drug-likeness (QED) is 0.796. The number of piperidine rings is 1. The first-order valence-corrected chi connectivity index (χ1v) is 8.67. The molecule has 6 heteroatoms. The summed E-state index contributed by atoms with van der Waals surface area (Å²) in [5, 5.41) is 3.94. The van der Waals surface area contributed by atoms with Crippen molar-refractivity contribution in [3.63, 3.8) is 0 Å². The number of carbonyl (C=O) groups is 1. The van der Waals surface area contributed by atoms with Crippen molar-refractivity contribution < 1.29 is 9.53 Å². The summed E-state index contributed by atoms with van der Waals surface area (Å²) in [7, 11) is 0. The van der Waals surface area contributed by atoms with Crippen LogP contribution in [-0.2, 0) is 4.79 Å². The molecule has 0 spiro atoms. The van der Waals surface area contributed by atoms with Gasteiger partial charge in [-0.25, -0.2) is 0 Å². The highest BCUT2D eigenvalue weighted by Crippen LogP contribution is 2.51. The summed E-state index contributed by atoms with van der Waals surface area (Å²) in [4.78, 5) is 13.3. The molecule has 0 aliphatic carbocycles. The number of nitrogens with zero attached hydrogens (tertiary/aromatic N) is 1. The van der Waals surface area contributed by atoms with Crippen LogP contribution in [0.15, 0.2) is 36.4 Å². The normalized spacial score (nSPS) is 21.7. The Bertz CT molecular complexity index is 797. The minimum Gasteiger partial charge on any atom is -0.455 e. The molecule has 0 saturated carbocycles. The van der Waals surface area contributed by atoms with Gasteiger partial charge in [0.15, 0.2) is 5.75 Å². The van der Waals surface area contributed by atoms with Gasteiger partial charge in [-0.2, -0.15) is 0 Å². The van der Waals surface area contributed by atoms with E-state index in [0.29, 0.717) is 15.8 Å². The lowest BCUT2D eigenvalue weighted by Gasteiger charge is -2.42. The highest BCUT2D eigenvalue weighted by atomic mass is 35.5. The Hall–Kier alpha value is -1.91. The Morgan fingerprint density at radius 3 is 2.83 bits per heavy atom. The first-order valence-electron chi connectivity index (χ1n) is 7.92. The van der Waals surface area contributed by atoms with Gasteiger partial charge in [0.1, 0.15) is 11.4 Å². The molecule has 0 radical (unpaired) electrons. The summed E-state index contributed by atoms with van der Waals surface area (Å²) < 4.78 is 6.16. The van der Waals surface area contributed by atoms with Crippen LogP contribution in [0.3, 0.4) is 0 Å². The molecular formula is C18H16Cl2N2O2. The second-order valence-corrected chi connectivity index (χ2v) is 6.80. The molecule has 2 aromatic carbocycles. The van der Waals surface area contributed by atoms with Crippen LogP contribution < -0.4 is 15.0 Å². The number of ether oxygens (including phenoxy) is 1. The van der Waals surface area contributed by atoms with E-state index in [1.54, 1.807) is 6.07 Å². The fraction of sp³-hybridized carbons (Fsp3) is 0.278. The smallest absolute Gasteiger partial charge is 0.207 e. The number of carbonyl (C=O) groups excluding carboxylic acids is 1. The number of amides is 1. The van der Waals surface area contributed by atoms with Crippen LogP contribution >= 0.6 is 23.2 Å². The maximum Gasteiger partial charge on any atom is 0.207 e. The molecule has 2 aromatic rings. The van der Waals surface area contributed by atoms with Gasteiger partial charge in [-0.15, -0.1) is 0 Å². The van der Waals surface area contributed by atoms with Crippen molar-refractivity contribution >= 4 is 35.3 Å². The number of hydrogen-bond acceptors (Lipinski definition) is 3. The van der Waals surface area contributed by atoms with Crippen molar-refractivity contribution in [3.05, 3.63) is 52.0 Å². The average Bonchev–Trinajstić information content (AvgIpc) is 2.74. The zero-order valence-electron chi connectivity index (χ0n) is 12.8. The van der Waals surface area contributed by atoms with Crippen molar-refractivity contribution in [3.8, 4) is 11.5 Å². The minimum atomic E-state index is -0.0441. The topological polar surface area (TPSA) is 41.6 Å². The second-order valence-electron chi connectivity index (χ2n) is 6.02. The fourth-order valence-electron chi connectivity index (χ4n) is 3.70. The molecule has 2 aliphatic heterocycles. The largest absolute Gasteiger partial charge is 0.455 e. The van der Waals surface area contributed by atoms with Gasteiger partial charge in [-0.3, -0.25) is 4.79 Å². The van der Waals surface area contributed by atoms with E-state index in [9.17, 15) is 4.79 Å². The van der Waals surface area contributed by atoms with Crippen molar-refractivity contribution in [1.29, 1.82) is 0 Å². The molecule has 2 heterocycles. The Kier molecular flexibility index (Phi) is 4.02. The van der Waals surface area contributed by atoms with Crippen LogP contribution in [0.2, 0.25) is 10.0 Å². The van der Waals surface area contributed by atoms with E-state index in [0.717, 1.165) is 42.8 Å². The van der Waals surface area contributed by atoms with E-state index in [2.05, 4.69) is 10.2 Å². The van der Waals surface area contributed by atoms with Gasteiger partial charge in [0.2, 0.25) is 6.41 Å². The van der Waals surface area contributed by atoms with Crippen LogP contribution in [-0.4, -0.2) is 19.0 Å². The molecule has 4 rings (SSSR count). The Balaban J connectivity index is 1.95. The summed E-state index contributed by atoms with van der Waals surface area (Å²) in [5.74, 6) is 1.47. The maximum absolute atomic E-state index is 11.1. The number of rotatable bonds is 2. The number of halogens is 2. The monoisotopic (exact) mass is 362 g/mol. The van der Waals surface area contributed by atoms with Gasteiger partial charge in [-0.1, -0.05) is 41.4 Å². The van der Waals surface area contributed by atoms with Crippen LogP contribution in [0.1, 0.15) is 24.4 Å². The molecule has 0 aromatic heterocycles. The Morgan fingerprint density at radius 2 is 2.00 bits per heavy atom. The zero-order valence-corrected chi connectivity index (χ0v) is 14.3. The standard InChI is InChI=1S/C18H16Cl2N2O2/c19-12-7-8-15-18(16(12)20)22-9-3-5-13(21-10-23)17(22)11-4-1-2-6-14(11)24-15/h1-2,4,6-8,10,13,17H,3,5,9H2,(H,21,23)/t13-,17+/m1/s1. The molecule has 24 heavy (non-hydrogen) atoms. The highest BCUT2D eigenvalue weighted by Gasteiger charge is 2.39. The Labute approximate surface area is 150 Å². The van der Waals surface area contributed by atoms with Gasteiger partial charge in [0, 0.05) is 12.1 Å². The van der Waals surface area contributed by atoms with E-state index in [-0.39, 0.29) is 12.1 Å². The van der Waals surface area contributed by atoms with Gasteiger partial charge in [-0.05, 0) is 31.0 Å². The SMILES string of the molecule is O=CN[C@@H]1CCCN2c3c(ccc(Cl)c3Cl)Oc3ccccc3[C@@H]12. The van der Waals surface area contributed by atoms with E-state index in [1.165, 1.54) is 0 Å². The summed E-state index contributed by atoms with van der Waals surface area (Å²) in [6.45, 7) is 0.826. The van der Waals surface area contributed by atoms with E-state index < -0.39 is 0 Å². The lowest BCUT2D eigenvalue weighted by molar-refractivity contribution is -0.110. The lowest BCUT2D eigenvalue weighted by Crippen LogP contribution is -2.48. The van der Waals surface area contributed by atoms with Crippen LogP contribution in [0.4, 0.5) is 5.69 Å². The molecule has 124 valence electrons. The summed E-state index contributed by atoms with van der Waals surface area (Å²) >= 11 is 12.8. The van der Waals surface area contributed by atoms with Gasteiger partial charge >= 0.3 is 0 Å². The van der Waals surface area contributed by atoms with Gasteiger partial charge in [0.25, 0.3) is 0 Å². The maximum atomic E-state index is 11.1. The number of nitrogens with one attached hydrogen (secondary N) is 1. The van der Waals surface area contributed by atoms with Crippen molar-refractivity contribution in [2.45, 2.75) is 24.9 Å². The number of fused-ring (bicyclic) bond motifs is 5. The average molecular weight is 363 g/mol. The Morgan fingerprint density at radius 1 is 1.17 bits per heavy atom. The highest BCUT2D eigenvalue weighted by molar-refractivity contribution is 6.44. The second kappa shape index (κ2) is 6.19. The molecular weight excluding hydrogens is 347 g/mol. The first kappa shape index (κ1) is 15.6. The predicted octanol–water partition coefficient (Wildman–Crippen LogP) is 4.56. The summed E-state index contributed by atoms with van der Waals surface area (Å²) in [6.07, 6.45) is 2.62. The predicted molar refractivity (Wildman–Crippen MR) is 95.3 cm³/mol. The van der Waals surface area contributed by atoms with Crippen molar-refractivity contribution in [2.75, 3.05) is 11.4 Å². The third-order valence-electron chi connectivity index (χ3n) is 4.69. The molecule has 0 bridgehead atoms. The molecule has 1 saturated heterocycles. The van der Waals surface area contributed by atoms with E-state index in [4.69, 9.17) is 27.9 Å². The molecule has 0 unspecified atom stereocenters. The van der Waals surface area contributed by atoms with Crippen LogP contribution in [0.5, 0.6) is 11.5 Å². The lowest BCUT2D eigenvalue weighted by atomic mass is 9.89. The van der Waals surface area contributed by atoms with Crippen LogP contribution in [0, 0.1) is 0 Å². The third-order valence-corrected chi connectivity index (χ3v) is 5.48. The van der Waals surface area contributed by atoms with E-state index in [1.807, 2.05) is 30.3 Å². The number of anilines is 1. The number of hydrogen-bond donors (Lipinski definition) is 1. The number of para-hydroxylation sites is 1. The third kappa shape index (κ3) is 2.41. The van der Waals surface area contributed by atoms with Crippen LogP contribution in [0.25, 0.3) is 0 Å². The van der Waals surface area contributed by atoms with Crippen molar-refractivity contribution in [2.24, 2.45) is 0 Å². The fourth-order valence-corrected chi connectivity index (χ4v) is 4.12. The molecule has 2 atom stereocenters. The molecule has 2 aliphatic rings. The molecule has 1 fully saturated rings. The molecule has 1 N–H and O–H groups in total. The van der Waals surface area contributed by atoms with E-state index >= 15 is 0 Å². The molecule has 4 nitrogen and oxygen atoms in total. The van der Waals surface area contributed by atoms with Gasteiger partial charge in [0.05, 0.1) is 22.1 Å². The zero-order chi connectivity index (χ0) is 16.7. The molecule has 1 amide bonds. The van der Waals surface area contributed by atoms with Gasteiger partial charge < -0.3 is 15.0 Å².